The number of para-hydroxylation sites is 1. The first-order chi connectivity index (χ1) is 18.7. The molecular formula is C26H20ClN7O4S. The van der Waals surface area contributed by atoms with Crippen molar-refractivity contribution in [3.8, 4) is 5.69 Å². The van der Waals surface area contributed by atoms with Gasteiger partial charge in [-0.05, 0) is 67.6 Å². The van der Waals surface area contributed by atoms with E-state index < -0.39 is 21.5 Å². The number of carbonyl (C=O) groups is 1. The Hall–Kier alpha value is -4.81. The summed E-state index contributed by atoms with van der Waals surface area (Å²) in [7, 11) is -3.93. The van der Waals surface area contributed by atoms with Gasteiger partial charge >= 0.3 is 5.56 Å². The number of halogens is 1. The number of aromatic nitrogens is 4. The summed E-state index contributed by atoms with van der Waals surface area (Å²) in [5.41, 5.74) is 0.885. The van der Waals surface area contributed by atoms with Gasteiger partial charge in [-0.2, -0.15) is 14.9 Å². The van der Waals surface area contributed by atoms with Gasteiger partial charge in [-0.25, -0.2) is 13.1 Å². The van der Waals surface area contributed by atoms with Crippen molar-refractivity contribution in [1.29, 1.82) is 0 Å². The highest BCUT2D eigenvalue weighted by Crippen LogP contribution is 2.23. The first-order valence-electron chi connectivity index (χ1n) is 11.5. The van der Waals surface area contributed by atoms with Crippen LogP contribution in [0.15, 0.2) is 111 Å². The number of nitrogens with one attached hydrogen (secondary N) is 2. The summed E-state index contributed by atoms with van der Waals surface area (Å²) in [5.74, 6) is -0.297. The van der Waals surface area contributed by atoms with Crippen LogP contribution in [0.25, 0.3) is 5.69 Å². The van der Waals surface area contributed by atoms with Crippen LogP contribution in [0.4, 0.5) is 17.2 Å². The minimum Gasteiger partial charge on any atom is -0.290 e. The minimum atomic E-state index is -3.93. The van der Waals surface area contributed by atoms with Crippen LogP contribution in [0.2, 0.25) is 5.02 Å². The summed E-state index contributed by atoms with van der Waals surface area (Å²) in [5, 5.41) is 15.4. The van der Waals surface area contributed by atoms with Gasteiger partial charge in [-0.3, -0.25) is 19.4 Å². The molecule has 13 heteroatoms. The van der Waals surface area contributed by atoms with E-state index in [4.69, 9.17) is 11.6 Å². The highest BCUT2D eigenvalue weighted by Gasteiger charge is 2.19. The number of azo groups is 1. The maximum atomic E-state index is 13.0. The molecule has 5 aromatic rings. The normalized spacial score (nSPS) is 11.6. The molecule has 0 unspecified atom stereocenters. The molecule has 0 aliphatic heterocycles. The van der Waals surface area contributed by atoms with Gasteiger partial charge in [0.15, 0.2) is 5.69 Å². The highest BCUT2D eigenvalue weighted by atomic mass is 35.5. The fraction of sp³-hybridized carbons (Fsp3) is 0.0385. The van der Waals surface area contributed by atoms with Gasteiger partial charge < -0.3 is 0 Å². The summed E-state index contributed by atoms with van der Waals surface area (Å²) in [6.45, 7) is 1.59. The number of hydrogen-bond acceptors (Lipinski definition) is 7. The molecule has 2 N–H and O–H groups in total. The van der Waals surface area contributed by atoms with E-state index in [0.29, 0.717) is 22.1 Å². The van der Waals surface area contributed by atoms with E-state index in [1.54, 1.807) is 37.3 Å². The van der Waals surface area contributed by atoms with E-state index in [0.717, 1.165) is 4.68 Å². The molecule has 0 bridgehead atoms. The molecule has 5 rings (SSSR count). The summed E-state index contributed by atoms with van der Waals surface area (Å²) in [6, 6.07) is 22.4. The standard InChI is InChI=1S/C26H20ClN7O4S/c1-17-24(26(36)34(31-17)25(35)18-7-9-19(27)10-8-18)30-29-20-11-13-22(14-12-20)39(37,38)32-23-15-16-28-33(23)21-5-3-2-4-6-21/h2-16,31-32H,1H3. The van der Waals surface area contributed by atoms with Crippen molar-refractivity contribution in [3.63, 3.8) is 0 Å². The largest absolute Gasteiger partial charge is 0.302 e. The van der Waals surface area contributed by atoms with E-state index in [1.807, 2.05) is 18.2 Å². The van der Waals surface area contributed by atoms with Crippen LogP contribution < -0.4 is 10.3 Å². The molecule has 0 aliphatic carbocycles. The molecule has 196 valence electrons. The highest BCUT2D eigenvalue weighted by molar-refractivity contribution is 7.92. The third kappa shape index (κ3) is 5.42. The third-order valence-electron chi connectivity index (χ3n) is 5.63. The zero-order valence-corrected chi connectivity index (χ0v) is 21.9. The van der Waals surface area contributed by atoms with E-state index in [2.05, 4.69) is 25.1 Å². The van der Waals surface area contributed by atoms with Gasteiger partial charge in [0.2, 0.25) is 0 Å². The summed E-state index contributed by atoms with van der Waals surface area (Å²) in [6.07, 6.45) is 1.49. The van der Waals surface area contributed by atoms with Gasteiger partial charge in [-0.1, -0.05) is 29.8 Å². The smallest absolute Gasteiger partial charge is 0.290 e. The maximum Gasteiger partial charge on any atom is 0.302 e. The third-order valence-corrected chi connectivity index (χ3v) is 7.25. The SMILES string of the molecule is Cc1[nH]n(C(=O)c2ccc(Cl)cc2)c(=O)c1N=Nc1ccc(S(=O)(=O)Nc2ccnn2-c2ccccc2)cc1. The van der Waals surface area contributed by atoms with Gasteiger partial charge in [0.1, 0.15) is 5.82 Å². The second-order valence-corrected chi connectivity index (χ2v) is 10.4. The number of aryl methyl sites for hydroxylation is 1. The molecule has 0 spiro atoms. The zero-order chi connectivity index (χ0) is 27.6. The second kappa shape index (κ2) is 10.5. The first kappa shape index (κ1) is 25.8. The Morgan fingerprint density at radius 3 is 2.33 bits per heavy atom. The number of aromatic amines is 1. The van der Waals surface area contributed by atoms with Gasteiger partial charge in [0.25, 0.3) is 15.9 Å². The second-order valence-electron chi connectivity index (χ2n) is 8.30. The van der Waals surface area contributed by atoms with E-state index in [1.165, 1.54) is 47.3 Å². The van der Waals surface area contributed by atoms with Crippen LogP contribution in [0.1, 0.15) is 16.1 Å². The van der Waals surface area contributed by atoms with Gasteiger partial charge in [0, 0.05) is 16.7 Å². The number of anilines is 1. The molecule has 3 aromatic carbocycles. The van der Waals surface area contributed by atoms with Crippen LogP contribution >= 0.6 is 11.6 Å². The molecular weight excluding hydrogens is 542 g/mol. The van der Waals surface area contributed by atoms with Crippen molar-refractivity contribution in [2.24, 2.45) is 10.2 Å². The topological polar surface area (TPSA) is 144 Å². The Balaban J connectivity index is 1.33. The van der Waals surface area contributed by atoms with Crippen LogP contribution in [-0.2, 0) is 10.0 Å². The lowest BCUT2D eigenvalue weighted by Gasteiger charge is -2.10. The lowest BCUT2D eigenvalue weighted by Crippen LogP contribution is -2.25. The molecule has 0 saturated heterocycles. The van der Waals surface area contributed by atoms with Crippen molar-refractivity contribution in [3.05, 3.63) is 118 Å². The number of benzene rings is 3. The molecule has 0 radical (unpaired) electrons. The van der Waals surface area contributed by atoms with Crippen molar-refractivity contribution in [1.82, 2.24) is 19.6 Å². The number of nitrogens with zero attached hydrogens (tertiary/aromatic N) is 5. The Morgan fingerprint density at radius 1 is 0.949 bits per heavy atom. The number of carbonyl (C=O) groups excluding carboxylic acids is 1. The van der Waals surface area contributed by atoms with Crippen molar-refractivity contribution >= 4 is 44.7 Å². The van der Waals surface area contributed by atoms with Crippen molar-refractivity contribution < 1.29 is 13.2 Å². The van der Waals surface area contributed by atoms with Crippen LogP contribution in [0.5, 0.6) is 0 Å². The molecule has 2 aromatic heterocycles. The Labute approximate surface area is 227 Å². The average Bonchev–Trinajstić information content (AvgIpc) is 3.51. The fourth-order valence-electron chi connectivity index (χ4n) is 3.67. The van der Waals surface area contributed by atoms with E-state index >= 15 is 0 Å². The number of hydrogen-bond donors (Lipinski definition) is 2. The maximum absolute atomic E-state index is 13.0. The molecule has 0 saturated carbocycles. The van der Waals surface area contributed by atoms with Gasteiger partial charge in [0.05, 0.1) is 28.2 Å². The average molecular weight is 562 g/mol. The predicted octanol–water partition coefficient (Wildman–Crippen LogP) is 5.23. The molecule has 11 nitrogen and oxygen atoms in total. The van der Waals surface area contributed by atoms with Crippen LogP contribution in [-0.4, -0.2) is 33.9 Å². The minimum absolute atomic E-state index is 0.00370. The fourth-order valence-corrected chi connectivity index (χ4v) is 4.84. The lowest BCUT2D eigenvalue weighted by molar-refractivity contribution is 0.0941. The van der Waals surface area contributed by atoms with E-state index in [9.17, 15) is 18.0 Å². The summed E-state index contributed by atoms with van der Waals surface area (Å²) in [4.78, 5) is 25.5. The molecule has 0 aliphatic rings. The van der Waals surface area contributed by atoms with Crippen molar-refractivity contribution in [2.45, 2.75) is 11.8 Å². The number of sulfonamides is 1. The molecule has 39 heavy (non-hydrogen) atoms. The first-order valence-corrected chi connectivity index (χ1v) is 13.3. The Kier molecular flexibility index (Phi) is 6.96. The summed E-state index contributed by atoms with van der Waals surface area (Å²) < 4.78 is 30.8. The predicted molar refractivity (Wildman–Crippen MR) is 146 cm³/mol. The molecule has 0 fully saturated rings. The molecule has 0 amide bonds. The van der Waals surface area contributed by atoms with Crippen LogP contribution in [0.3, 0.4) is 0 Å². The van der Waals surface area contributed by atoms with E-state index in [-0.39, 0.29) is 22.0 Å². The van der Waals surface area contributed by atoms with Crippen molar-refractivity contribution in [2.75, 3.05) is 4.72 Å². The Bertz CT molecular complexity index is 1840. The van der Waals surface area contributed by atoms with Gasteiger partial charge in [-0.15, -0.1) is 5.11 Å². The zero-order valence-electron chi connectivity index (χ0n) is 20.3. The number of H-pyrrole nitrogens is 1. The molecule has 2 heterocycles. The monoisotopic (exact) mass is 561 g/mol. The Morgan fingerprint density at radius 2 is 1.64 bits per heavy atom. The quantitative estimate of drug-likeness (QED) is 0.261. The lowest BCUT2D eigenvalue weighted by atomic mass is 10.2. The molecule has 0 atom stereocenters. The number of rotatable bonds is 7. The summed E-state index contributed by atoms with van der Waals surface area (Å²) >= 11 is 5.86. The van der Waals surface area contributed by atoms with Crippen LogP contribution in [0, 0.1) is 6.92 Å².